The van der Waals surface area contributed by atoms with E-state index in [0.717, 1.165) is 11.8 Å². The van der Waals surface area contributed by atoms with Gasteiger partial charge in [-0.3, -0.25) is 4.18 Å². The lowest BCUT2D eigenvalue weighted by Gasteiger charge is -2.14. The van der Waals surface area contributed by atoms with Gasteiger partial charge < -0.3 is 10.2 Å². The molecule has 1 aromatic rings. The number of hydrogen-bond donors (Lipinski definition) is 1. The number of carbonyl (C=O) groups is 1. The molecule has 0 aliphatic carbocycles. The van der Waals surface area contributed by atoms with Crippen LogP contribution in [0.3, 0.4) is 0 Å². The van der Waals surface area contributed by atoms with E-state index in [1.807, 2.05) is 30.3 Å². The Morgan fingerprint density at radius 1 is 1.37 bits per heavy atom. The predicted octanol–water partition coefficient (Wildman–Crippen LogP) is 0.729. The summed E-state index contributed by atoms with van der Waals surface area (Å²) in [5.41, 5.74) is 1.03. The van der Waals surface area contributed by atoms with E-state index in [-0.39, 0.29) is 25.2 Å². The maximum absolute atomic E-state index is 11.7. The zero-order valence-electron chi connectivity index (χ0n) is 10.6. The molecule has 1 aliphatic rings. The smallest absolute Gasteiger partial charge is 0.318 e. The number of hydrogen-bond acceptors (Lipinski definition) is 4. The summed E-state index contributed by atoms with van der Waals surface area (Å²) in [6.45, 7) is 0.742. The first-order valence-corrected chi connectivity index (χ1v) is 7.72. The van der Waals surface area contributed by atoms with Gasteiger partial charge in [0.15, 0.2) is 0 Å². The van der Waals surface area contributed by atoms with Crippen LogP contribution in [-0.2, 0) is 14.3 Å². The van der Waals surface area contributed by atoms with Crippen LogP contribution in [0.15, 0.2) is 30.3 Å². The second-order valence-electron chi connectivity index (χ2n) is 4.38. The fourth-order valence-corrected chi connectivity index (χ4v) is 2.33. The van der Waals surface area contributed by atoms with Gasteiger partial charge in [0.05, 0.1) is 18.9 Å². The first kappa shape index (κ1) is 13.8. The minimum Gasteiger partial charge on any atom is -0.329 e. The fraction of sp³-hybridized carbons (Fsp3) is 0.417. The van der Waals surface area contributed by atoms with Gasteiger partial charge in [-0.2, -0.15) is 8.42 Å². The largest absolute Gasteiger partial charge is 0.329 e. The van der Waals surface area contributed by atoms with Crippen LogP contribution in [0.5, 0.6) is 0 Å². The molecule has 1 aliphatic heterocycles. The molecule has 0 radical (unpaired) electrons. The molecule has 6 nitrogen and oxygen atoms in total. The van der Waals surface area contributed by atoms with Gasteiger partial charge in [0.2, 0.25) is 0 Å². The van der Waals surface area contributed by atoms with Crippen molar-refractivity contribution in [1.29, 1.82) is 0 Å². The molecule has 2 amide bonds. The average Bonchev–Trinajstić information content (AvgIpc) is 2.71. The Hall–Kier alpha value is -1.60. The van der Waals surface area contributed by atoms with Crippen LogP contribution in [-0.4, -0.2) is 45.3 Å². The molecule has 1 saturated heterocycles. The van der Waals surface area contributed by atoms with Gasteiger partial charge in [-0.05, 0) is 5.56 Å². The Labute approximate surface area is 112 Å². The lowest BCUT2D eigenvalue weighted by Crippen LogP contribution is -2.31. The third-order valence-electron chi connectivity index (χ3n) is 2.85. The molecule has 1 aromatic carbocycles. The van der Waals surface area contributed by atoms with Crippen molar-refractivity contribution < 1.29 is 17.4 Å². The summed E-state index contributed by atoms with van der Waals surface area (Å²) in [6, 6.07) is 9.37. The lowest BCUT2D eigenvalue weighted by atomic mass is 10.1. The summed E-state index contributed by atoms with van der Waals surface area (Å²) in [4.78, 5) is 13.3. The molecule has 0 spiro atoms. The van der Waals surface area contributed by atoms with Gasteiger partial charge >= 0.3 is 6.03 Å². The van der Waals surface area contributed by atoms with E-state index in [2.05, 4.69) is 9.50 Å². The number of amides is 2. The summed E-state index contributed by atoms with van der Waals surface area (Å²) in [7, 11) is -3.46. The Bertz CT molecular complexity index is 544. The van der Waals surface area contributed by atoms with Crippen molar-refractivity contribution in [2.24, 2.45) is 0 Å². The Balaban J connectivity index is 1.90. The van der Waals surface area contributed by atoms with Crippen LogP contribution < -0.4 is 5.32 Å². The molecule has 104 valence electrons. The molecule has 0 bridgehead atoms. The Morgan fingerprint density at radius 2 is 2.05 bits per heavy atom. The summed E-state index contributed by atoms with van der Waals surface area (Å²) >= 11 is 0. The van der Waals surface area contributed by atoms with E-state index in [0.29, 0.717) is 6.54 Å². The number of benzene rings is 1. The minimum atomic E-state index is -3.46. The molecule has 1 fully saturated rings. The van der Waals surface area contributed by atoms with E-state index in [9.17, 15) is 13.2 Å². The quantitative estimate of drug-likeness (QED) is 0.809. The van der Waals surface area contributed by atoms with Crippen LogP contribution in [0.2, 0.25) is 0 Å². The highest BCUT2D eigenvalue weighted by atomic mass is 32.2. The van der Waals surface area contributed by atoms with Crippen LogP contribution in [0.25, 0.3) is 0 Å². The van der Waals surface area contributed by atoms with Crippen molar-refractivity contribution in [2.45, 2.75) is 6.04 Å². The van der Waals surface area contributed by atoms with E-state index >= 15 is 0 Å². The summed E-state index contributed by atoms with van der Waals surface area (Å²) in [5.74, 6) is 0. The number of rotatable bonds is 5. The third-order valence-corrected chi connectivity index (χ3v) is 3.44. The maximum Gasteiger partial charge on any atom is 0.318 e. The highest BCUT2D eigenvalue weighted by Crippen LogP contribution is 2.19. The standard InChI is InChI=1S/C12H16N2O4S/c1-19(16,17)18-8-7-14-9-11(13-12(14)15)10-5-3-2-4-6-10/h2-6,11H,7-9H2,1H3,(H,13,15). The van der Waals surface area contributed by atoms with E-state index < -0.39 is 10.1 Å². The lowest BCUT2D eigenvalue weighted by molar-refractivity contribution is 0.204. The van der Waals surface area contributed by atoms with Gasteiger partial charge in [0.1, 0.15) is 0 Å². The van der Waals surface area contributed by atoms with Crippen LogP contribution in [0.1, 0.15) is 11.6 Å². The van der Waals surface area contributed by atoms with Gasteiger partial charge in [-0.15, -0.1) is 0 Å². The molecule has 2 rings (SSSR count). The zero-order valence-corrected chi connectivity index (χ0v) is 11.4. The minimum absolute atomic E-state index is 0.0201. The van der Waals surface area contributed by atoms with Crippen LogP contribution in [0.4, 0.5) is 4.79 Å². The molecule has 0 aromatic heterocycles. The molecule has 1 unspecified atom stereocenters. The van der Waals surface area contributed by atoms with Gasteiger partial charge in [0, 0.05) is 13.1 Å². The van der Waals surface area contributed by atoms with E-state index in [1.54, 1.807) is 4.90 Å². The predicted molar refractivity (Wildman–Crippen MR) is 70.1 cm³/mol. The topological polar surface area (TPSA) is 75.7 Å². The normalized spacial score (nSPS) is 19.5. The maximum atomic E-state index is 11.7. The molecule has 0 saturated carbocycles. The summed E-state index contributed by atoms with van der Waals surface area (Å²) in [5, 5.41) is 2.85. The SMILES string of the molecule is CS(=O)(=O)OCCN1CC(c2ccccc2)NC1=O. The number of carbonyl (C=O) groups excluding carboxylic acids is 1. The van der Waals surface area contributed by atoms with Crippen molar-refractivity contribution in [3.8, 4) is 0 Å². The first-order chi connectivity index (χ1) is 8.96. The van der Waals surface area contributed by atoms with E-state index in [1.165, 1.54) is 0 Å². The molecule has 7 heteroatoms. The van der Waals surface area contributed by atoms with Crippen LogP contribution in [0, 0.1) is 0 Å². The number of nitrogens with one attached hydrogen (secondary N) is 1. The molecule has 19 heavy (non-hydrogen) atoms. The van der Waals surface area contributed by atoms with E-state index in [4.69, 9.17) is 0 Å². The second kappa shape index (κ2) is 5.58. The number of urea groups is 1. The van der Waals surface area contributed by atoms with Crippen molar-refractivity contribution in [1.82, 2.24) is 10.2 Å². The van der Waals surface area contributed by atoms with Gasteiger partial charge in [0.25, 0.3) is 10.1 Å². The highest BCUT2D eigenvalue weighted by molar-refractivity contribution is 7.85. The number of nitrogens with zero attached hydrogens (tertiary/aromatic N) is 1. The summed E-state index contributed by atoms with van der Waals surface area (Å²) < 4.78 is 26.3. The monoisotopic (exact) mass is 284 g/mol. The van der Waals surface area contributed by atoms with Crippen molar-refractivity contribution in [3.05, 3.63) is 35.9 Å². The second-order valence-corrected chi connectivity index (χ2v) is 6.03. The summed E-state index contributed by atoms with van der Waals surface area (Å²) in [6.07, 6.45) is 0.990. The van der Waals surface area contributed by atoms with Crippen LogP contribution >= 0.6 is 0 Å². The average molecular weight is 284 g/mol. The fourth-order valence-electron chi connectivity index (χ4n) is 1.96. The highest BCUT2D eigenvalue weighted by Gasteiger charge is 2.29. The van der Waals surface area contributed by atoms with Gasteiger partial charge in [-0.25, -0.2) is 4.79 Å². The van der Waals surface area contributed by atoms with Crippen molar-refractivity contribution in [2.75, 3.05) is 26.0 Å². The zero-order chi connectivity index (χ0) is 13.9. The molecular formula is C12H16N2O4S. The Kier molecular flexibility index (Phi) is 4.06. The van der Waals surface area contributed by atoms with Crippen molar-refractivity contribution >= 4 is 16.1 Å². The molecule has 1 atom stereocenters. The Morgan fingerprint density at radius 3 is 2.68 bits per heavy atom. The van der Waals surface area contributed by atoms with Gasteiger partial charge in [-0.1, -0.05) is 30.3 Å². The molecular weight excluding hydrogens is 268 g/mol. The first-order valence-electron chi connectivity index (χ1n) is 5.90. The molecule has 1 N–H and O–H groups in total. The molecule has 1 heterocycles. The van der Waals surface area contributed by atoms with Crippen molar-refractivity contribution in [3.63, 3.8) is 0 Å². The third kappa shape index (κ3) is 3.93.